The SMILES string of the molecule is Cc1ccc(C(=O)NCC(=O)NCC2(O)CCC2)cc1. The fraction of sp³-hybridized carbons (Fsp3) is 0.467. The molecule has 0 radical (unpaired) electrons. The molecule has 1 saturated carbocycles. The number of rotatable bonds is 5. The molecule has 0 saturated heterocycles. The maximum absolute atomic E-state index is 11.8. The van der Waals surface area contributed by atoms with Crippen LogP contribution in [0.3, 0.4) is 0 Å². The van der Waals surface area contributed by atoms with Crippen molar-refractivity contribution in [3.8, 4) is 0 Å². The average molecular weight is 276 g/mol. The number of hydrogen-bond donors (Lipinski definition) is 3. The molecule has 0 aromatic heterocycles. The van der Waals surface area contributed by atoms with Crippen LogP contribution in [0, 0.1) is 6.92 Å². The molecule has 0 spiro atoms. The van der Waals surface area contributed by atoms with Gasteiger partial charge >= 0.3 is 0 Å². The summed E-state index contributed by atoms with van der Waals surface area (Å²) in [7, 11) is 0. The zero-order valence-electron chi connectivity index (χ0n) is 11.6. The zero-order chi connectivity index (χ0) is 14.6. The average Bonchev–Trinajstić information content (AvgIpc) is 2.41. The highest BCUT2D eigenvalue weighted by atomic mass is 16.3. The van der Waals surface area contributed by atoms with E-state index in [4.69, 9.17) is 0 Å². The Morgan fingerprint density at radius 3 is 2.40 bits per heavy atom. The first-order valence-electron chi connectivity index (χ1n) is 6.82. The number of benzene rings is 1. The van der Waals surface area contributed by atoms with Gasteiger partial charge in [-0.05, 0) is 38.3 Å². The van der Waals surface area contributed by atoms with E-state index in [1.807, 2.05) is 19.1 Å². The number of aliphatic hydroxyl groups is 1. The maximum atomic E-state index is 11.8. The highest BCUT2D eigenvalue weighted by Crippen LogP contribution is 2.30. The van der Waals surface area contributed by atoms with Gasteiger partial charge in [0, 0.05) is 12.1 Å². The minimum atomic E-state index is -0.739. The van der Waals surface area contributed by atoms with Gasteiger partial charge in [0.2, 0.25) is 5.91 Å². The molecule has 108 valence electrons. The summed E-state index contributed by atoms with van der Waals surface area (Å²) in [4.78, 5) is 23.4. The Kier molecular flexibility index (Phi) is 4.39. The van der Waals surface area contributed by atoms with Crippen LogP contribution in [-0.4, -0.2) is 35.6 Å². The van der Waals surface area contributed by atoms with Crippen molar-refractivity contribution in [3.63, 3.8) is 0 Å². The molecular weight excluding hydrogens is 256 g/mol. The van der Waals surface area contributed by atoms with Crippen LogP contribution in [-0.2, 0) is 4.79 Å². The van der Waals surface area contributed by atoms with E-state index < -0.39 is 5.60 Å². The molecule has 1 aromatic carbocycles. The molecule has 1 aromatic rings. The second-order valence-corrected chi connectivity index (χ2v) is 5.40. The molecule has 0 bridgehead atoms. The normalized spacial score (nSPS) is 16.1. The van der Waals surface area contributed by atoms with Gasteiger partial charge in [-0.15, -0.1) is 0 Å². The monoisotopic (exact) mass is 276 g/mol. The van der Waals surface area contributed by atoms with Crippen molar-refractivity contribution in [3.05, 3.63) is 35.4 Å². The lowest BCUT2D eigenvalue weighted by Gasteiger charge is -2.36. The van der Waals surface area contributed by atoms with Gasteiger partial charge in [-0.2, -0.15) is 0 Å². The highest BCUT2D eigenvalue weighted by molar-refractivity contribution is 5.96. The van der Waals surface area contributed by atoms with Gasteiger partial charge < -0.3 is 15.7 Å². The summed E-state index contributed by atoms with van der Waals surface area (Å²) >= 11 is 0. The van der Waals surface area contributed by atoms with Crippen LogP contribution in [0.5, 0.6) is 0 Å². The van der Waals surface area contributed by atoms with Gasteiger partial charge in [-0.1, -0.05) is 17.7 Å². The first-order valence-corrected chi connectivity index (χ1v) is 6.82. The van der Waals surface area contributed by atoms with E-state index >= 15 is 0 Å². The number of aryl methyl sites for hydroxylation is 1. The quantitative estimate of drug-likeness (QED) is 0.743. The predicted molar refractivity (Wildman–Crippen MR) is 75.3 cm³/mol. The van der Waals surface area contributed by atoms with Crippen molar-refractivity contribution < 1.29 is 14.7 Å². The van der Waals surface area contributed by atoms with Crippen molar-refractivity contribution >= 4 is 11.8 Å². The molecule has 3 N–H and O–H groups in total. The molecule has 5 nitrogen and oxygen atoms in total. The van der Waals surface area contributed by atoms with E-state index in [0.29, 0.717) is 5.56 Å². The predicted octanol–water partition coefficient (Wildman–Crippen LogP) is 0.756. The Hall–Kier alpha value is -1.88. The minimum Gasteiger partial charge on any atom is -0.388 e. The minimum absolute atomic E-state index is 0.0806. The lowest BCUT2D eigenvalue weighted by molar-refractivity contribution is -0.122. The van der Waals surface area contributed by atoms with Gasteiger partial charge in [0.25, 0.3) is 5.91 Å². The smallest absolute Gasteiger partial charge is 0.251 e. The molecule has 2 rings (SSSR count). The Labute approximate surface area is 118 Å². The number of carbonyl (C=O) groups is 2. The maximum Gasteiger partial charge on any atom is 0.251 e. The Morgan fingerprint density at radius 1 is 1.20 bits per heavy atom. The Morgan fingerprint density at radius 2 is 1.85 bits per heavy atom. The van der Waals surface area contributed by atoms with Crippen molar-refractivity contribution in [2.75, 3.05) is 13.1 Å². The first-order chi connectivity index (χ1) is 9.48. The number of nitrogens with one attached hydrogen (secondary N) is 2. The zero-order valence-corrected chi connectivity index (χ0v) is 11.6. The third kappa shape index (κ3) is 3.81. The van der Waals surface area contributed by atoms with Gasteiger partial charge in [0.05, 0.1) is 12.1 Å². The van der Waals surface area contributed by atoms with Crippen LogP contribution in [0.25, 0.3) is 0 Å². The van der Waals surface area contributed by atoms with E-state index in [1.165, 1.54) is 0 Å². The molecule has 2 amide bonds. The Balaban J connectivity index is 1.72. The summed E-state index contributed by atoms with van der Waals surface area (Å²) in [5.74, 6) is -0.562. The van der Waals surface area contributed by atoms with Crippen molar-refractivity contribution in [2.45, 2.75) is 31.8 Å². The van der Waals surface area contributed by atoms with Crippen LogP contribution in [0.4, 0.5) is 0 Å². The summed E-state index contributed by atoms with van der Waals surface area (Å²) in [5, 5.41) is 15.0. The standard InChI is InChI=1S/C15H20N2O3/c1-11-3-5-12(6-4-11)14(19)16-9-13(18)17-10-15(20)7-2-8-15/h3-6,20H,2,7-10H2,1H3,(H,16,19)(H,17,18). The van der Waals surface area contributed by atoms with Crippen molar-refractivity contribution in [1.29, 1.82) is 0 Å². The molecule has 20 heavy (non-hydrogen) atoms. The summed E-state index contributed by atoms with van der Waals surface area (Å²) < 4.78 is 0. The van der Waals surface area contributed by atoms with Crippen LogP contribution in [0.1, 0.15) is 35.2 Å². The van der Waals surface area contributed by atoms with Crippen LogP contribution in [0.15, 0.2) is 24.3 Å². The number of carbonyl (C=O) groups excluding carboxylic acids is 2. The molecule has 1 fully saturated rings. The van der Waals surface area contributed by atoms with Crippen LogP contribution >= 0.6 is 0 Å². The van der Waals surface area contributed by atoms with Gasteiger partial charge in [-0.25, -0.2) is 0 Å². The van der Waals surface area contributed by atoms with Gasteiger partial charge in [0.15, 0.2) is 0 Å². The molecule has 5 heteroatoms. The largest absolute Gasteiger partial charge is 0.388 e. The molecule has 0 heterocycles. The van der Waals surface area contributed by atoms with Crippen LogP contribution in [0.2, 0.25) is 0 Å². The summed E-state index contributed by atoms with van der Waals surface area (Å²) in [6, 6.07) is 7.14. The van der Waals surface area contributed by atoms with Gasteiger partial charge in [0.1, 0.15) is 0 Å². The second kappa shape index (κ2) is 6.05. The third-order valence-electron chi connectivity index (χ3n) is 3.62. The molecule has 0 unspecified atom stereocenters. The van der Waals surface area contributed by atoms with Gasteiger partial charge in [-0.3, -0.25) is 9.59 Å². The number of amides is 2. The van der Waals surface area contributed by atoms with E-state index in [1.54, 1.807) is 12.1 Å². The summed E-state index contributed by atoms with van der Waals surface area (Å²) in [5.41, 5.74) is 0.866. The Bertz CT molecular complexity index is 492. The van der Waals surface area contributed by atoms with Crippen molar-refractivity contribution in [2.24, 2.45) is 0 Å². The van der Waals surface area contributed by atoms with E-state index in [0.717, 1.165) is 24.8 Å². The molecule has 1 aliphatic carbocycles. The lowest BCUT2D eigenvalue weighted by Crippen LogP contribution is -2.49. The molecule has 1 aliphatic rings. The topological polar surface area (TPSA) is 78.4 Å². The third-order valence-corrected chi connectivity index (χ3v) is 3.62. The summed E-state index contributed by atoms with van der Waals surface area (Å²) in [6.45, 7) is 2.12. The lowest BCUT2D eigenvalue weighted by atomic mass is 9.80. The fourth-order valence-corrected chi connectivity index (χ4v) is 2.05. The summed E-state index contributed by atoms with van der Waals surface area (Å²) in [6.07, 6.45) is 2.45. The number of hydrogen-bond acceptors (Lipinski definition) is 3. The van der Waals surface area contributed by atoms with Crippen molar-refractivity contribution in [1.82, 2.24) is 10.6 Å². The highest BCUT2D eigenvalue weighted by Gasteiger charge is 2.34. The second-order valence-electron chi connectivity index (χ2n) is 5.40. The molecule has 0 atom stereocenters. The molecular formula is C15H20N2O3. The molecule has 0 aliphatic heterocycles. The van der Waals surface area contributed by atoms with E-state index in [9.17, 15) is 14.7 Å². The van der Waals surface area contributed by atoms with E-state index in [-0.39, 0.29) is 24.9 Å². The first kappa shape index (κ1) is 14.5. The van der Waals surface area contributed by atoms with E-state index in [2.05, 4.69) is 10.6 Å². The van der Waals surface area contributed by atoms with Crippen LogP contribution < -0.4 is 10.6 Å². The fourth-order valence-electron chi connectivity index (χ4n) is 2.05.